The van der Waals surface area contributed by atoms with Gasteiger partial charge in [0.25, 0.3) is 0 Å². The van der Waals surface area contributed by atoms with Crippen LogP contribution in [-0.2, 0) is 4.74 Å². The third-order valence-electron chi connectivity index (χ3n) is 2.47. The lowest BCUT2D eigenvalue weighted by Crippen LogP contribution is -2.34. The second kappa shape index (κ2) is 4.73. The summed E-state index contributed by atoms with van der Waals surface area (Å²) in [7, 11) is -0.732. The molecule has 1 heterocycles. The summed E-state index contributed by atoms with van der Waals surface area (Å²) in [6, 6.07) is 1.30. The Kier molecular flexibility index (Phi) is 3.87. The molecule has 0 aromatic heterocycles. The van der Waals surface area contributed by atoms with E-state index in [1.807, 2.05) is 0 Å². The zero-order valence-corrected chi connectivity index (χ0v) is 8.54. The molecule has 0 aromatic rings. The van der Waals surface area contributed by atoms with Crippen molar-refractivity contribution in [1.82, 2.24) is 0 Å². The first-order valence-corrected chi connectivity index (χ1v) is 6.77. The van der Waals surface area contributed by atoms with E-state index in [1.165, 1.54) is 25.3 Å². The molecule has 2 unspecified atom stereocenters. The van der Waals surface area contributed by atoms with Gasteiger partial charge in [-0.05, 0) is 19.3 Å². The van der Waals surface area contributed by atoms with E-state index in [1.54, 1.807) is 0 Å². The molecular formula is C9H18OSi. The van der Waals surface area contributed by atoms with Crippen LogP contribution < -0.4 is 0 Å². The molecule has 0 radical (unpaired) electrons. The molecule has 0 bridgehead atoms. The Balaban J connectivity index is 2.35. The van der Waals surface area contributed by atoms with Crippen molar-refractivity contribution in [2.45, 2.75) is 38.0 Å². The Morgan fingerprint density at radius 2 is 2.45 bits per heavy atom. The molecular weight excluding hydrogens is 152 g/mol. The number of rotatable bonds is 3. The van der Waals surface area contributed by atoms with Crippen LogP contribution in [0.3, 0.4) is 0 Å². The molecule has 2 heteroatoms. The smallest absolute Gasteiger partial charge is 0.0940 e. The van der Waals surface area contributed by atoms with Gasteiger partial charge < -0.3 is 4.74 Å². The van der Waals surface area contributed by atoms with Crippen LogP contribution in [0.1, 0.15) is 26.2 Å². The van der Waals surface area contributed by atoms with Crippen molar-refractivity contribution in [3.63, 3.8) is 0 Å². The van der Waals surface area contributed by atoms with Gasteiger partial charge in [-0.15, -0.1) is 12.3 Å². The van der Waals surface area contributed by atoms with Crippen LogP contribution in [0.5, 0.6) is 0 Å². The van der Waals surface area contributed by atoms with E-state index in [4.69, 9.17) is 4.74 Å². The topological polar surface area (TPSA) is 9.23 Å². The molecule has 11 heavy (non-hydrogen) atoms. The van der Waals surface area contributed by atoms with E-state index in [2.05, 4.69) is 19.2 Å². The lowest BCUT2D eigenvalue weighted by Gasteiger charge is -2.26. The third kappa shape index (κ3) is 2.45. The summed E-state index contributed by atoms with van der Waals surface area (Å²) in [6.45, 7) is 7.14. The Morgan fingerprint density at radius 3 is 2.91 bits per heavy atom. The van der Waals surface area contributed by atoms with Crippen molar-refractivity contribution in [2.75, 3.05) is 6.61 Å². The minimum absolute atomic E-state index is 0.603. The van der Waals surface area contributed by atoms with Crippen molar-refractivity contribution >= 4 is 8.80 Å². The van der Waals surface area contributed by atoms with Crippen molar-refractivity contribution in [3.05, 3.63) is 12.3 Å². The van der Waals surface area contributed by atoms with Gasteiger partial charge in [-0.25, -0.2) is 0 Å². The maximum atomic E-state index is 5.71. The van der Waals surface area contributed by atoms with Gasteiger partial charge in [-0.1, -0.05) is 13.0 Å². The Morgan fingerprint density at radius 1 is 1.64 bits per heavy atom. The van der Waals surface area contributed by atoms with E-state index in [0.29, 0.717) is 5.73 Å². The van der Waals surface area contributed by atoms with Gasteiger partial charge in [0.15, 0.2) is 0 Å². The largest absolute Gasteiger partial charge is 0.382 e. The molecule has 1 aliphatic rings. The fraction of sp³-hybridized carbons (Fsp3) is 0.778. The van der Waals surface area contributed by atoms with Crippen LogP contribution in [0.4, 0.5) is 0 Å². The summed E-state index contributed by atoms with van der Waals surface area (Å²) in [5.74, 6) is 0. The van der Waals surface area contributed by atoms with Crippen LogP contribution in [0.25, 0.3) is 0 Å². The molecule has 64 valence electrons. The maximum absolute atomic E-state index is 5.71. The second-order valence-corrected chi connectivity index (χ2v) is 6.57. The zero-order chi connectivity index (χ0) is 8.10. The summed E-state index contributed by atoms with van der Waals surface area (Å²) in [6.07, 6.45) is 3.91. The van der Waals surface area contributed by atoms with Gasteiger partial charge in [-0.2, -0.15) is 0 Å². The van der Waals surface area contributed by atoms with Crippen LogP contribution >= 0.6 is 0 Å². The fourth-order valence-corrected chi connectivity index (χ4v) is 3.89. The van der Waals surface area contributed by atoms with Crippen LogP contribution in [0, 0.1) is 0 Å². The van der Waals surface area contributed by atoms with Crippen molar-refractivity contribution in [2.24, 2.45) is 0 Å². The zero-order valence-electron chi connectivity index (χ0n) is 7.38. The molecule has 1 nitrogen and oxygen atoms in total. The summed E-state index contributed by atoms with van der Waals surface area (Å²) in [5.41, 5.74) is 2.78. The fourth-order valence-electron chi connectivity index (χ4n) is 1.68. The summed E-state index contributed by atoms with van der Waals surface area (Å²) in [5, 5.41) is 0. The normalized spacial score (nSPS) is 27.9. The van der Waals surface area contributed by atoms with Crippen molar-refractivity contribution < 1.29 is 4.74 Å². The van der Waals surface area contributed by atoms with Gasteiger partial charge in [0.2, 0.25) is 0 Å². The molecule has 0 aromatic carbocycles. The van der Waals surface area contributed by atoms with E-state index >= 15 is 0 Å². The summed E-state index contributed by atoms with van der Waals surface area (Å²) >= 11 is 0. The first-order chi connectivity index (χ1) is 5.38. The lowest BCUT2D eigenvalue weighted by atomic mass is 10.2. The van der Waals surface area contributed by atoms with Crippen LogP contribution in [-0.4, -0.2) is 21.1 Å². The molecule has 1 fully saturated rings. The van der Waals surface area contributed by atoms with Crippen LogP contribution in [0.2, 0.25) is 6.04 Å². The number of hydrogen-bond acceptors (Lipinski definition) is 1. The van der Waals surface area contributed by atoms with Crippen molar-refractivity contribution in [3.8, 4) is 0 Å². The van der Waals surface area contributed by atoms with Gasteiger partial charge in [-0.3, -0.25) is 0 Å². The molecule has 2 atom stereocenters. The Labute approximate surface area is 71.1 Å². The Hall–Kier alpha value is -0.0831. The highest BCUT2D eigenvalue weighted by Gasteiger charge is 2.21. The molecule has 0 spiro atoms. The van der Waals surface area contributed by atoms with Gasteiger partial charge in [0.1, 0.15) is 0 Å². The number of ether oxygens (including phenoxy) is 1. The minimum atomic E-state index is -0.732. The highest BCUT2D eigenvalue weighted by atomic mass is 28.3. The van der Waals surface area contributed by atoms with E-state index < -0.39 is 8.80 Å². The molecule has 0 aliphatic carbocycles. The van der Waals surface area contributed by atoms with E-state index in [9.17, 15) is 0 Å². The van der Waals surface area contributed by atoms with Gasteiger partial charge >= 0.3 is 0 Å². The lowest BCUT2D eigenvalue weighted by molar-refractivity contribution is 0.0632. The SMILES string of the molecule is C=C[SiH](CC)C1CCCCO1. The Bertz CT molecular complexity index is 119. The quantitative estimate of drug-likeness (QED) is 0.589. The van der Waals surface area contributed by atoms with E-state index in [0.717, 1.165) is 6.61 Å². The highest BCUT2D eigenvalue weighted by molar-refractivity contribution is 6.65. The average molecular weight is 170 g/mol. The van der Waals surface area contributed by atoms with Crippen LogP contribution in [0.15, 0.2) is 12.3 Å². The first kappa shape index (κ1) is 9.01. The van der Waals surface area contributed by atoms with Gasteiger partial charge in [0, 0.05) is 12.3 Å². The predicted octanol–water partition coefficient (Wildman–Crippen LogP) is 2.07. The number of hydrogen-bond donors (Lipinski definition) is 0. The van der Waals surface area contributed by atoms with Gasteiger partial charge in [0.05, 0.1) is 8.80 Å². The predicted molar refractivity (Wildman–Crippen MR) is 51.4 cm³/mol. The van der Waals surface area contributed by atoms with E-state index in [-0.39, 0.29) is 0 Å². The summed E-state index contributed by atoms with van der Waals surface area (Å²) in [4.78, 5) is 0. The maximum Gasteiger partial charge on any atom is 0.0940 e. The molecule has 0 N–H and O–H groups in total. The third-order valence-corrected chi connectivity index (χ3v) is 5.50. The highest BCUT2D eigenvalue weighted by Crippen LogP contribution is 2.17. The molecule has 1 aliphatic heterocycles. The molecule has 1 saturated heterocycles. The first-order valence-electron chi connectivity index (χ1n) is 4.62. The molecule has 1 rings (SSSR count). The van der Waals surface area contributed by atoms with Crippen molar-refractivity contribution in [1.29, 1.82) is 0 Å². The summed E-state index contributed by atoms with van der Waals surface area (Å²) < 4.78 is 5.71. The molecule has 0 amide bonds. The minimum Gasteiger partial charge on any atom is -0.382 e. The average Bonchev–Trinajstić information content (AvgIpc) is 2.09. The second-order valence-electron chi connectivity index (χ2n) is 3.21. The molecule has 0 saturated carbocycles. The monoisotopic (exact) mass is 170 g/mol. The standard InChI is InChI=1S/C9H18OSi/c1-3-11(4-2)9-7-5-6-8-10-9/h3,9,11H,1,4-8H2,2H3.